The van der Waals surface area contributed by atoms with E-state index in [-0.39, 0.29) is 36.3 Å². The van der Waals surface area contributed by atoms with Crippen molar-refractivity contribution in [3.8, 4) is 5.75 Å². The summed E-state index contributed by atoms with van der Waals surface area (Å²) in [7, 11) is 0. The number of benzene rings is 2. The Bertz CT molecular complexity index is 742. The van der Waals surface area contributed by atoms with Gasteiger partial charge in [-0.05, 0) is 42.3 Å². The van der Waals surface area contributed by atoms with E-state index in [0.717, 1.165) is 11.1 Å². The molecular weight excluding hydrogens is 371 g/mol. The summed E-state index contributed by atoms with van der Waals surface area (Å²) in [5.74, 6) is 0.355. The molecule has 1 saturated heterocycles. The first kappa shape index (κ1) is 21.2. The number of hydrogen-bond donors (Lipinski definition) is 2. The SMILES string of the molecule is C[C@H]1OCCN[C@@H]1C(=O)NCc1ccc(OCc2cccc(F)c2)cc1.Cl. The summed E-state index contributed by atoms with van der Waals surface area (Å²) in [4.78, 5) is 12.2. The van der Waals surface area contributed by atoms with Crippen LogP contribution in [-0.4, -0.2) is 31.2 Å². The van der Waals surface area contributed by atoms with Crippen LogP contribution in [0.5, 0.6) is 5.75 Å². The van der Waals surface area contributed by atoms with Crippen molar-refractivity contribution in [1.29, 1.82) is 0 Å². The lowest BCUT2D eigenvalue weighted by Crippen LogP contribution is -2.55. The summed E-state index contributed by atoms with van der Waals surface area (Å²) in [5.41, 5.74) is 1.75. The van der Waals surface area contributed by atoms with Gasteiger partial charge in [0, 0.05) is 13.1 Å². The van der Waals surface area contributed by atoms with Crippen LogP contribution in [0.3, 0.4) is 0 Å². The summed E-state index contributed by atoms with van der Waals surface area (Å²) in [5, 5.41) is 6.09. The highest BCUT2D eigenvalue weighted by atomic mass is 35.5. The molecule has 0 bridgehead atoms. The summed E-state index contributed by atoms with van der Waals surface area (Å²) >= 11 is 0. The molecule has 0 unspecified atom stereocenters. The Morgan fingerprint density at radius 3 is 2.74 bits per heavy atom. The number of amides is 1. The maximum absolute atomic E-state index is 13.2. The monoisotopic (exact) mass is 394 g/mol. The number of nitrogens with one attached hydrogen (secondary N) is 2. The molecule has 2 aromatic rings. The van der Waals surface area contributed by atoms with Gasteiger partial charge in [0.1, 0.15) is 24.2 Å². The Hall–Kier alpha value is -2.15. The summed E-state index contributed by atoms with van der Waals surface area (Å²) < 4.78 is 24.3. The fraction of sp³-hybridized carbons (Fsp3) is 0.350. The van der Waals surface area contributed by atoms with Gasteiger partial charge in [-0.25, -0.2) is 4.39 Å². The Kier molecular flexibility index (Phi) is 8.03. The van der Waals surface area contributed by atoms with Crippen molar-refractivity contribution in [2.24, 2.45) is 0 Å². The van der Waals surface area contributed by atoms with E-state index in [2.05, 4.69) is 10.6 Å². The third-order valence-electron chi connectivity index (χ3n) is 4.28. The highest BCUT2D eigenvalue weighted by Crippen LogP contribution is 2.15. The van der Waals surface area contributed by atoms with Crippen LogP contribution >= 0.6 is 12.4 Å². The molecule has 1 amide bonds. The minimum absolute atomic E-state index is 0. The predicted octanol–water partition coefficient (Wildman–Crippen LogP) is 2.82. The van der Waals surface area contributed by atoms with Crippen molar-refractivity contribution < 1.29 is 18.7 Å². The molecule has 2 aromatic carbocycles. The molecule has 0 spiro atoms. The first-order valence-electron chi connectivity index (χ1n) is 8.71. The average Bonchev–Trinajstić information content (AvgIpc) is 2.66. The van der Waals surface area contributed by atoms with E-state index >= 15 is 0 Å². The minimum Gasteiger partial charge on any atom is -0.489 e. The zero-order chi connectivity index (χ0) is 18.4. The van der Waals surface area contributed by atoms with Gasteiger partial charge < -0.3 is 20.1 Å². The number of morpholine rings is 1. The van der Waals surface area contributed by atoms with Gasteiger partial charge in [0.2, 0.25) is 5.91 Å². The topological polar surface area (TPSA) is 59.6 Å². The van der Waals surface area contributed by atoms with Gasteiger partial charge in [-0.3, -0.25) is 4.79 Å². The maximum Gasteiger partial charge on any atom is 0.240 e. The van der Waals surface area contributed by atoms with Gasteiger partial charge >= 0.3 is 0 Å². The summed E-state index contributed by atoms with van der Waals surface area (Å²) in [6, 6.07) is 13.5. The first-order chi connectivity index (χ1) is 12.6. The number of halogens is 2. The molecule has 5 nitrogen and oxygen atoms in total. The Balaban J connectivity index is 0.00000261. The van der Waals surface area contributed by atoms with Crippen molar-refractivity contribution in [2.75, 3.05) is 13.2 Å². The molecular formula is C20H24ClFN2O3. The van der Waals surface area contributed by atoms with Gasteiger partial charge in [0.05, 0.1) is 12.7 Å². The van der Waals surface area contributed by atoms with E-state index in [1.54, 1.807) is 6.07 Å². The average molecular weight is 395 g/mol. The standard InChI is InChI=1S/C20H23FN2O3.ClH/c1-14-19(22-9-10-25-14)20(24)23-12-15-5-7-18(8-6-15)26-13-16-3-2-4-17(21)11-16;/h2-8,11,14,19,22H,9-10,12-13H2,1H3,(H,23,24);1H/t14-,19+;/m1./s1. The fourth-order valence-corrected chi connectivity index (χ4v) is 2.82. The second kappa shape index (κ2) is 10.3. The quantitative estimate of drug-likeness (QED) is 0.791. The molecule has 1 fully saturated rings. The second-order valence-corrected chi connectivity index (χ2v) is 6.29. The van der Waals surface area contributed by atoms with Crippen molar-refractivity contribution in [2.45, 2.75) is 32.2 Å². The Labute approximate surface area is 164 Å². The van der Waals surface area contributed by atoms with E-state index in [9.17, 15) is 9.18 Å². The van der Waals surface area contributed by atoms with Crippen LogP contribution in [0.25, 0.3) is 0 Å². The first-order valence-corrected chi connectivity index (χ1v) is 8.71. The fourth-order valence-electron chi connectivity index (χ4n) is 2.82. The Morgan fingerprint density at radius 1 is 1.26 bits per heavy atom. The van der Waals surface area contributed by atoms with E-state index in [4.69, 9.17) is 9.47 Å². The molecule has 2 atom stereocenters. The second-order valence-electron chi connectivity index (χ2n) is 6.29. The van der Waals surface area contributed by atoms with Gasteiger partial charge in [0.15, 0.2) is 0 Å². The summed E-state index contributed by atoms with van der Waals surface area (Å²) in [6.45, 7) is 3.94. The lowest BCUT2D eigenvalue weighted by molar-refractivity contribution is -0.129. The Morgan fingerprint density at radius 2 is 2.04 bits per heavy atom. The highest BCUT2D eigenvalue weighted by molar-refractivity contribution is 5.85. The molecule has 0 aliphatic carbocycles. The van der Waals surface area contributed by atoms with E-state index in [1.807, 2.05) is 37.3 Å². The third kappa shape index (κ3) is 6.20. The highest BCUT2D eigenvalue weighted by Gasteiger charge is 2.27. The number of rotatable bonds is 6. The molecule has 146 valence electrons. The molecule has 0 aromatic heterocycles. The van der Waals surface area contributed by atoms with Gasteiger partial charge in [-0.2, -0.15) is 0 Å². The number of ether oxygens (including phenoxy) is 2. The van der Waals surface area contributed by atoms with Gasteiger partial charge in [0.25, 0.3) is 0 Å². The molecule has 1 aliphatic heterocycles. The molecule has 27 heavy (non-hydrogen) atoms. The molecule has 1 aliphatic rings. The van der Waals surface area contributed by atoms with Crippen LogP contribution in [0.1, 0.15) is 18.1 Å². The van der Waals surface area contributed by atoms with Crippen molar-refractivity contribution in [1.82, 2.24) is 10.6 Å². The number of carbonyl (C=O) groups is 1. The molecule has 3 rings (SSSR count). The molecule has 7 heteroatoms. The third-order valence-corrected chi connectivity index (χ3v) is 4.28. The maximum atomic E-state index is 13.2. The number of carbonyl (C=O) groups excluding carboxylic acids is 1. The predicted molar refractivity (Wildman–Crippen MR) is 103 cm³/mol. The minimum atomic E-state index is -0.322. The zero-order valence-electron chi connectivity index (χ0n) is 15.1. The normalized spacial score (nSPS) is 19.0. The van der Waals surface area contributed by atoms with Crippen molar-refractivity contribution in [3.63, 3.8) is 0 Å². The van der Waals surface area contributed by atoms with Gasteiger partial charge in [-0.1, -0.05) is 24.3 Å². The van der Waals surface area contributed by atoms with Crippen LogP contribution in [-0.2, 0) is 22.7 Å². The van der Waals surface area contributed by atoms with Crippen LogP contribution < -0.4 is 15.4 Å². The van der Waals surface area contributed by atoms with Crippen LogP contribution in [0.2, 0.25) is 0 Å². The lowest BCUT2D eigenvalue weighted by atomic mass is 10.1. The molecule has 2 N–H and O–H groups in total. The lowest BCUT2D eigenvalue weighted by Gasteiger charge is -2.29. The van der Waals surface area contributed by atoms with E-state index in [1.165, 1.54) is 12.1 Å². The summed E-state index contributed by atoms with van der Waals surface area (Å²) in [6.07, 6.45) is -0.137. The van der Waals surface area contributed by atoms with Crippen molar-refractivity contribution in [3.05, 3.63) is 65.5 Å². The largest absolute Gasteiger partial charge is 0.489 e. The van der Waals surface area contributed by atoms with E-state index < -0.39 is 0 Å². The van der Waals surface area contributed by atoms with E-state index in [0.29, 0.717) is 32.1 Å². The molecule has 0 radical (unpaired) electrons. The smallest absolute Gasteiger partial charge is 0.240 e. The van der Waals surface area contributed by atoms with Crippen LogP contribution in [0, 0.1) is 5.82 Å². The van der Waals surface area contributed by atoms with Gasteiger partial charge in [-0.15, -0.1) is 12.4 Å². The zero-order valence-corrected chi connectivity index (χ0v) is 15.9. The molecule has 0 saturated carbocycles. The van der Waals surface area contributed by atoms with Crippen LogP contribution in [0.4, 0.5) is 4.39 Å². The van der Waals surface area contributed by atoms with Crippen LogP contribution in [0.15, 0.2) is 48.5 Å². The number of hydrogen-bond acceptors (Lipinski definition) is 4. The van der Waals surface area contributed by atoms with Crippen molar-refractivity contribution >= 4 is 18.3 Å². The molecule has 1 heterocycles.